The first-order chi connectivity index (χ1) is 28.5. The first kappa shape index (κ1) is 38.0. The van der Waals surface area contributed by atoms with Crippen LogP contribution in [0, 0.1) is 0 Å². The summed E-state index contributed by atoms with van der Waals surface area (Å²) in [5.74, 6) is 1.89. The van der Waals surface area contributed by atoms with Crippen molar-refractivity contribution in [3.8, 4) is 11.4 Å². The first-order valence-corrected chi connectivity index (χ1v) is 22.4. The van der Waals surface area contributed by atoms with Crippen molar-refractivity contribution in [1.29, 1.82) is 0 Å². The molecule has 10 rings (SSSR count). The molecule has 0 amide bonds. The van der Waals surface area contributed by atoms with Gasteiger partial charge >= 0.3 is 0 Å². The molecular weight excluding hydrogens is 717 g/mol. The molecule has 2 fully saturated rings. The summed E-state index contributed by atoms with van der Waals surface area (Å²) in [6.07, 6.45) is 16.3. The lowest BCUT2D eigenvalue weighted by Crippen LogP contribution is -2.61. The fraction of sp³-hybridized carbons (Fsp3) is 0.377. The summed E-state index contributed by atoms with van der Waals surface area (Å²) in [7, 11) is 0. The Labute approximate surface area is 352 Å². The number of rotatable bonds is 5. The number of aromatic nitrogens is 3. The van der Waals surface area contributed by atoms with Crippen LogP contribution >= 0.6 is 0 Å². The summed E-state index contributed by atoms with van der Waals surface area (Å²) < 4.78 is 0. The van der Waals surface area contributed by atoms with Crippen LogP contribution in [0.5, 0.6) is 0 Å². The second-order valence-electron chi connectivity index (χ2n) is 19.9. The van der Waals surface area contributed by atoms with Crippen molar-refractivity contribution in [1.82, 2.24) is 15.0 Å². The second kappa shape index (κ2) is 14.8. The van der Waals surface area contributed by atoms with Gasteiger partial charge in [-0.3, -0.25) is 0 Å². The summed E-state index contributed by atoms with van der Waals surface area (Å²) in [4.78, 5) is 18.8. The molecule has 2 saturated carbocycles. The van der Waals surface area contributed by atoms with E-state index < -0.39 is 0 Å². The molecule has 4 aliphatic rings. The second-order valence-corrected chi connectivity index (χ2v) is 19.9. The number of anilines is 6. The van der Waals surface area contributed by atoms with Crippen molar-refractivity contribution >= 4 is 57.2 Å². The highest BCUT2D eigenvalue weighted by molar-refractivity contribution is 7.00. The maximum absolute atomic E-state index is 4.74. The predicted octanol–water partition coefficient (Wildman–Crippen LogP) is 12.3. The van der Waals surface area contributed by atoms with E-state index in [1.165, 1.54) is 137 Å². The molecule has 2 aliphatic heterocycles. The molecule has 6 aromatic rings. The minimum absolute atomic E-state index is 0.0544. The van der Waals surface area contributed by atoms with E-state index in [-0.39, 0.29) is 17.5 Å². The fourth-order valence-corrected chi connectivity index (χ4v) is 10.7. The number of nitrogens with zero attached hydrogens (tertiary/aromatic N) is 5. The third-order valence-electron chi connectivity index (χ3n) is 14.0. The highest BCUT2D eigenvalue weighted by Gasteiger charge is 2.44. The molecule has 3 heterocycles. The molecule has 298 valence electrons. The van der Waals surface area contributed by atoms with Crippen LogP contribution in [0.2, 0.25) is 0 Å². The van der Waals surface area contributed by atoms with Gasteiger partial charge in [0, 0.05) is 39.7 Å². The van der Waals surface area contributed by atoms with Gasteiger partial charge in [0.15, 0.2) is 5.82 Å². The van der Waals surface area contributed by atoms with Crippen LogP contribution in [0.3, 0.4) is 0 Å². The Morgan fingerprint density at radius 3 is 1.32 bits per heavy atom. The van der Waals surface area contributed by atoms with Crippen molar-refractivity contribution < 1.29 is 0 Å². The topological polar surface area (TPSA) is 45.2 Å². The first-order valence-electron chi connectivity index (χ1n) is 22.4. The van der Waals surface area contributed by atoms with E-state index in [2.05, 4.69) is 153 Å². The number of fused-ring (bicyclic) bond motifs is 4. The minimum Gasteiger partial charge on any atom is -0.311 e. The van der Waals surface area contributed by atoms with Gasteiger partial charge in [-0.25, -0.2) is 15.0 Å². The third-order valence-corrected chi connectivity index (χ3v) is 14.0. The molecule has 2 aliphatic carbocycles. The highest BCUT2D eigenvalue weighted by Crippen LogP contribution is 2.47. The largest absolute Gasteiger partial charge is 0.311 e. The molecule has 6 heteroatoms. The van der Waals surface area contributed by atoms with Crippen LogP contribution < -0.4 is 26.2 Å². The number of hydrogen-bond donors (Lipinski definition) is 0. The molecule has 0 bridgehead atoms. The van der Waals surface area contributed by atoms with Crippen LogP contribution in [0.25, 0.3) is 11.4 Å². The highest BCUT2D eigenvalue weighted by atomic mass is 15.2. The molecular formula is C53H58BN5. The molecule has 0 atom stereocenters. The average Bonchev–Trinajstić information content (AvgIpc) is 3.26. The molecule has 5 aromatic carbocycles. The van der Waals surface area contributed by atoms with Gasteiger partial charge in [0.2, 0.25) is 0 Å². The van der Waals surface area contributed by atoms with Gasteiger partial charge in [0.05, 0.1) is 0 Å². The lowest BCUT2D eigenvalue weighted by atomic mass is 9.33. The third kappa shape index (κ3) is 6.87. The van der Waals surface area contributed by atoms with Crippen molar-refractivity contribution in [2.24, 2.45) is 0 Å². The molecule has 0 spiro atoms. The quantitative estimate of drug-likeness (QED) is 0.163. The monoisotopic (exact) mass is 775 g/mol. The summed E-state index contributed by atoms with van der Waals surface area (Å²) in [6, 6.07) is 38.4. The average molecular weight is 776 g/mol. The maximum Gasteiger partial charge on any atom is 0.252 e. The smallest absolute Gasteiger partial charge is 0.252 e. The van der Waals surface area contributed by atoms with Crippen LogP contribution in [0.1, 0.15) is 140 Å². The van der Waals surface area contributed by atoms with Gasteiger partial charge in [-0.2, -0.15) is 0 Å². The van der Waals surface area contributed by atoms with Crippen LogP contribution in [-0.2, 0) is 10.8 Å². The molecule has 1 aromatic heterocycles. The molecule has 0 unspecified atom stereocenters. The Hall–Kier alpha value is -5.23. The lowest BCUT2D eigenvalue weighted by Gasteiger charge is -2.45. The van der Waals surface area contributed by atoms with Gasteiger partial charge in [-0.15, -0.1) is 0 Å². The molecule has 0 radical (unpaired) electrons. The Bertz CT molecular complexity index is 2330. The van der Waals surface area contributed by atoms with E-state index in [4.69, 9.17) is 9.97 Å². The molecule has 59 heavy (non-hydrogen) atoms. The SMILES string of the molecule is CC(C)(C)c1ccc(N2c3ccc(C4CCCCC4)cc3B3c4cc(C5CCCCC5)ccc4N(c4ccc(C(C)(C)C)cc4)c4cc(-c5ncncn5)cc2c43)cc1. The van der Waals surface area contributed by atoms with Crippen molar-refractivity contribution in [3.05, 3.63) is 132 Å². The van der Waals surface area contributed by atoms with Crippen molar-refractivity contribution in [2.75, 3.05) is 9.80 Å². The lowest BCUT2D eigenvalue weighted by molar-refractivity contribution is 0.444. The maximum atomic E-state index is 4.74. The summed E-state index contributed by atoms with van der Waals surface area (Å²) >= 11 is 0. The molecule has 0 N–H and O–H groups in total. The van der Waals surface area contributed by atoms with Crippen LogP contribution in [-0.4, -0.2) is 21.7 Å². The van der Waals surface area contributed by atoms with E-state index >= 15 is 0 Å². The summed E-state index contributed by atoms with van der Waals surface area (Å²) in [5.41, 5.74) is 18.2. The van der Waals surface area contributed by atoms with Gasteiger partial charge < -0.3 is 9.80 Å². The zero-order valence-electron chi connectivity index (χ0n) is 35.9. The summed E-state index contributed by atoms with van der Waals surface area (Å²) in [5, 5.41) is 0. The van der Waals surface area contributed by atoms with Crippen LogP contribution in [0.4, 0.5) is 34.1 Å². The Balaban J connectivity index is 1.27. The molecule has 5 nitrogen and oxygen atoms in total. The van der Waals surface area contributed by atoms with Crippen LogP contribution in [0.15, 0.2) is 110 Å². The predicted molar refractivity (Wildman–Crippen MR) is 248 cm³/mol. The fourth-order valence-electron chi connectivity index (χ4n) is 10.7. The van der Waals surface area contributed by atoms with E-state index in [9.17, 15) is 0 Å². The zero-order chi connectivity index (χ0) is 40.5. The van der Waals surface area contributed by atoms with Crippen molar-refractivity contribution in [2.45, 2.75) is 128 Å². The van der Waals surface area contributed by atoms with Gasteiger partial charge in [0.1, 0.15) is 12.7 Å². The Morgan fingerprint density at radius 1 is 0.492 bits per heavy atom. The Kier molecular flexibility index (Phi) is 9.53. The normalized spacial score (nSPS) is 17.1. The zero-order valence-corrected chi connectivity index (χ0v) is 35.9. The van der Waals surface area contributed by atoms with E-state index in [0.717, 1.165) is 5.56 Å². The van der Waals surface area contributed by atoms with E-state index in [0.29, 0.717) is 17.7 Å². The number of hydrogen-bond acceptors (Lipinski definition) is 5. The number of benzene rings is 5. The standard InChI is InChI=1S/C53H58BN5/c1-52(2,3)40-19-23-42(24-20-40)58-46-27-17-37(35-13-9-7-10-14-35)29-44(46)54-45-30-38(36-15-11-8-12-16-36)18-28-47(45)59(43-25-21-41(22-26-43)53(4,5)6)49-32-39(31-48(58)50(49)54)51-56-33-55-34-57-51/h17-36H,7-16H2,1-6H3. The van der Waals surface area contributed by atoms with Gasteiger partial charge in [0.25, 0.3) is 6.71 Å². The Morgan fingerprint density at radius 2 is 0.915 bits per heavy atom. The van der Waals surface area contributed by atoms with E-state index in [1.54, 1.807) is 12.7 Å². The van der Waals surface area contributed by atoms with Crippen molar-refractivity contribution in [3.63, 3.8) is 0 Å². The molecule has 0 saturated heterocycles. The van der Waals surface area contributed by atoms with Gasteiger partial charge in [-0.1, -0.05) is 129 Å². The van der Waals surface area contributed by atoms with E-state index in [1.807, 2.05) is 0 Å². The minimum atomic E-state index is 0.0544. The van der Waals surface area contributed by atoms with Gasteiger partial charge in [-0.05, 0) is 136 Å². The summed E-state index contributed by atoms with van der Waals surface area (Å²) in [6.45, 7) is 13.9.